The van der Waals surface area contributed by atoms with Gasteiger partial charge in [0.1, 0.15) is 17.1 Å². The van der Waals surface area contributed by atoms with Gasteiger partial charge in [-0.3, -0.25) is 42.2 Å². The number of carboxylic acid groups (broad SMARTS) is 1. The number of fused-ring (bicyclic) bond motifs is 2. The fourth-order valence-corrected chi connectivity index (χ4v) is 10.3. The summed E-state index contributed by atoms with van der Waals surface area (Å²) in [6, 6.07) is 11.8. The number of aromatic hydroxyl groups is 1. The largest absolute Gasteiger partial charge is 0.790 e. The molecule has 1 aromatic heterocycles. The van der Waals surface area contributed by atoms with Gasteiger partial charge >= 0.3 is 11.7 Å². The van der Waals surface area contributed by atoms with Gasteiger partial charge in [0.05, 0.1) is 31.7 Å². The van der Waals surface area contributed by atoms with E-state index in [0.717, 1.165) is 4.57 Å². The molecule has 2 amide bonds. The van der Waals surface area contributed by atoms with E-state index in [9.17, 15) is 77.4 Å². The molecule has 6 rings (SSSR count). The van der Waals surface area contributed by atoms with Gasteiger partial charge in [-0.15, -0.1) is 0 Å². The molecule has 0 bridgehead atoms. The first-order valence-corrected chi connectivity index (χ1v) is 24.4. The summed E-state index contributed by atoms with van der Waals surface area (Å²) in [5, 5.41) is 36.6. The first kappa shape index (κ1) is 50.5. The SMILES string of the molecule is O=C(CCCCCNC(=O)c1ccc(-c2c3ccc(=O)cc-3oc3cc(O)ccc23)c(C(=O)O)c1)NC/C=C/c1cn([C@H]2CC(O)[C@@H](COP(=O)([O-])OP(=O)([O-])OP(=O)([O-])[O-])C2)c(=O)[nH]c1=O. The number of phenolic OH excluding ortho intramolecular Hbond substituents is 1. The Morgan fingerprint density at radius 1 is 0.896 bits per heavy atom. The third kappa shape index (κ3) is 13.4. The van der Waals surface area contributed by atoms with Gasteiger partial charge in [0.15, 0.2) is 5.43 Å². The number of H-pyrrole nitrogens is 1. The second-order valence-corrected chi connectivity index (χ2v) is 19.4. The van der Waals surface area contributed by atoms with Crippen LogP contribution in [-0.4, -0.2) is 68.5 Å². The van der Waals surface area contributed by atoms with E-state index < -0.39 is 71.3 Å². The van der Waals surface area contributed by atoms with E-state index in [1.165, 1.54) is 66.9 Å². The van der Waals surface area contributed by atoms with Crippen LogP contribution in [0, 0.1) is 5.92 Å². The van der Waals surface area contributed by atoms with E-state index in [1.807, 2.05) is 0 Å². The summed E-state index contributed by atoms with van der Waals surface area (Å²) < 4.78 is 51.8. The Kier molecular flexibility index (Phi) is 15.8. The molecule has 5 atom stereocenters. The molecule has 0 saturated heterocycles. The van der Waals surface area contributed by atoms with Crippen LogP contribution in [0.1, 0.15) is 70.8 Å². The molecule has 1 saturated carbocycles. The first-order valence-electron chi connectivity index (χ1n) is 20.0. The Morgan fingerprint density at radius 2 is 1.64 bits per heavy atom. The van der Waals surface area contributed by atoms with Crippen LogP contribution in [0.4, 0.5) is 0 Å². The molecule has 24 nitrogen and oxygen atoms in total. The second kappa shape index (κ2) is 21.0. The van der Waals surface area contributed by atoms with Gasteiger partial charge in [0.25, 0.3) is 27.1 Å². The summed E-state index contributed by atoms with van der Waals surface area (Å²) >= 11 is 0. The number of aromatic carboxylic acids is 1. The van der Waals surface area contributed by atoms with E-state index in [1.54, 1.807) is 6.07 Å². The number of hydrogen-bond acceptors (Lipinski definition) is 19. The van der Waals surface area contributed by atoms with E-state index in [2.05, 4.69) is 28.8 Å². The molecular formula is C40H39N4O20P3-4. The van der Waals surface area contributed by atoms with E-state index >= 15 is 0 Å². The van der Waals surface area contributed by atoms with Crippen molar-refractivity contribution in [1.29, 1.82) is 0 Å². The number of hydrogen-bond donors (Lipinski definition) is 6. The highest BCUT2D eigenvalue weighted by molar-refractivity contribution is 7.64. The average Bonchev–Trinajstić information content (AvgIpc) is 3.60. The van der Waals surface area contributed by atoms with Gasteiger partial charge in [0.2, 0.25) is 5.91 Å². The van der Waals surface area contributed by atoms with Crippen molar-refractivity contribution in [1.82, 2.24) is 20.2 Å². The number of carbonyl (C=O) groups excluding carboxylic acids is 2. The van der Waals surface area contributed by atoms with E-state index in [4.69, 9.17) is 4.42 Å². The molecule has 2 aliphatic carbocycles. The molecule has 2 heterocycles. The summed E-state index contributed by atoms with van der Waals surface area (Å²) in [4.78, 5) is 122. The summed E-state index contributed by atoms with van der Waals surface area (Å²) in [7, 11) is -18.2. The monoisotopic (exact) mass is 988 g/mol. The number of aromatic nitrogens is 2. The minimum Gasteiger partial charge on any atom is -0.790 e. The number of amides is 2. The van der Waals surface area contributed by atoms with Crippen LogP contribution in [0.25, 0.3) is 39.5 Å². The van der Waals surface area contributed by atoms with Crippen molar-refractivity contribution in [3.8, 4) is 28.2 Å². The Balaban J connectivity index is 0.951. The average molecular weight is 989 g/mol. The highest BCUT2D eigenvalue weighted by Crippen LogP contribution is 2.60. The Morgan fingerprint density at radius 3 is 2.37 bits per heavy atom. The molecular weight excluding hydrogens is 949 g/mol. The third-order valence-electron chi connectivity index (χ3n) is 10.4. The first-order chi connectivity index (χ1) is 31.5. The maximum Gasteiger partial charge on any atom is 0.336 e. The molecule has 3 unspecified atom stereocenters. The lowest BCUT2D eigenvalue weighted by Crippen LogP contribution is -2.33. The number of nitrogens with zero attached hydrogens (tertiary/aromatic N) is 1. The molecule has 3 aromatic rings. The van der Waals surface area contributed by atoms with Gasteiger partial charge in [-0.2, -0.15) is 0 Å². The molecule has 0 spiro atoms. The number of benzene rings is 3. The lowest BCUT2D eigenvalue weighted by Gasteiger charge is -2.37. The Labute approximate surface area is 377 Å². The van der Waals surface area contributed by atoms with Crippen molar-refractivity contribution >= 4 is 58.3 Å². The number of nitrogens with one attached hydrogen (secondary N) is 3. The Bertz CT molecular complexity index is 3030. The second-order valence-electron chi connectivity index (χ2n) is 15.2. The van der Waals surface area contributed by atoms with Crippen LogP contribution >= 0.6 is 23.5 Å². The minimum atomic E-state index is -6.19. The fraction of sp³-hybridized carbons (Fsp3) is 0.300. The number of phosphoric acid groups is 3. The molecule has 1 fully saturated rings. The van der Waals surface area contributed by atoms with Gasteiger partial charge in [-0.05, 0) is 67.6 Å². The molecule has 3 aliphatic rings. The third-order valence-corrected chi connectivity index (χ3v) is 14.1. The van der Waals surface area contributed by atoms with Crippen LogP contribution in [-0.2, 0) is 31.6 Å². The maximum absolute atomic E-state index is 13.1. The number of aliphatic hydroxyl groups is 1. The topological polar surface area (TPSA) is 392 Å². The molecule has 27 heteroatoms. The van der Waals surface area contributed by atoms with Crippen molar-refractivity contribution < 1.29 is 80.5 Å². The van der Waals surface area contributed by atoms with Crippen molar-refractivity contribution in [2.75, 3.05) is 19.7 Å². The van der Waals surface area contributed by atoms with Crippen LogP contribution in [0.15, 0.2) is 85.7 Å². The number of unbranched alkanes of at least 4 members (excludes halogenated alkanes) is 2. The number of aliphatic hydroxyl groups excluding tert-OH is 1. The smallest absolute Gasteiger partial charge is 0.336 e. The number of phosphoric ester groups is 1. The zero-order valence-electron chi connectivity index (χ0n) is 34.6. The van der Waals surface area contributed by atoms with Gasteiger partial charge in [0, 0.05) is 71.9 Å². The van der Waals surface area contributed by atoms with Crippen molar-refractivity contribution in [2.45, 2.75) is 50.7 Å². The predicted octanol–water partition coefficient (Wildman–Crippen LogP) is 1.07. The maximum atomic E-state index is 13.1. The van der Waals surface area contributed by atoms with E-state index in [-0.39, 0.29) is 83.0 Å². The van der Waals surface area contributed by atoms with Crippen LogP contribution < -0.4 is 46.9 Å². The highest BCUT2D eigenvalue weighted by atomic mass is 31.3. The fourth-order valence-electron chi connectivity index (χ4n) is 7.41. The number of rotatable bonds is 20. The molecule has 67 heavy (non-hydrogen) atoms. The highest BCUT2D eigenvalue weighted by Gasteiger charge is 2.36. The van der Waals surface area contributed by atoms with Crippen molar-refractivity contribution in [2.24, 2.45) is 5.92 Å². The number of carboxylic acids is 1. The summed E-state index contributed by atoms with van der Waals surface area (Å²) in [5.74, 6) is -3.12. The molecule has 358 valence electrons. The summed E-state index contributed by atoms with van der Waals surface area (Å²) in [5.41, 5.74) is -0.773. The van der Waals surface area contributed by atoms with Crippen molar-refractivity contribution in [3.63, 3.8) is 0 Å². The van der Waals surface area contributed by atoms with Crippen molar-refractivity contribution in [3.05, 3.63) is 115 Å². The minimum absolute atomic E-state index is 0.0112. The molecule has 6 N–H and O–H groups in total. The van der Waals surface area contributed by atoms with Crippen LogP contribution in [0.5, 0.6) is 5.75 Å². The quantitative estimate of drug-likeness (QED) is 0.0361. The zero-order valence-corrected chi connectivity index (χ0v) is 37.3. The van der Waals surface area contributed by atoms with Gasteiger partial charge in [-0.1, -0.05) is 24.6 Å². The molecule has 2 aromatic carbocycles. The Hall–Kier alpha value is -5.87. The number of carbonyl (C=O) groups is 3. The number of aromatic amines is 1. The van der Waals surface area contributed by atoms with E-state index in [0.29, 0.717) is 35.8 Å². The lowest BCUT2D eigenvalue weighted by molar-refractivity contribution is -0.339. The normalized spacial score (nSPS) is 18.2. The molecule has 0 radical (unpaired) electrons. The summed E-state index contributed by atoms with van der Waals surface area (Å²) in [6.07, 6.45) is 3.98. The van der Waals surface area contributed by atoms with Crippen LogP contribution in [0.3, 0.4) is 0 Å². The predicted molar refractivity (Wildman–Crippen MR) is 226 cm³/mol. The summed E-state index contributed by atoms with van der Waals surface area (Å²) in [6.45, 7) is -0.678. The number of phenols is 1. The van der Waals surface area contributed by atoms with Gasteiger partial charge < -0.3 is 59.0 Å². The lowest BCUT2D eigenvalue weighted by atomic mass is 9.90. The van der Waals surface area contributed by atoms with Crippen LogP contribution in [0.2, 0.25) is 0 Å². The zero-order chi connectivity index (χ0) is 48.8. The standard InChI is InChI=1S/C40H43N4O20P3/c45-26-8-11-29-33(18-26)62-34-19-27(46)9-12-30(34)36(29)28-10-7-22(16-31(28)39(51)52)37(49)42-13-3-1-2-6-35(48)41-14-4-5-23-20-44(40(53)43-38(23)50)25-15-24(32(47)17-25)21-61-66(57,58)64-67(59,60)63-65(54,55)56/h4-5,7-12,16,18-20,24-25,32,45,47H,1-3,6,13-15,17,21H2,(H,41,48)(H,42,49)(H,51,52)(H,57,58)(H,59,60)(H,43,50,53)(H2,54,55,56)/p-4/b5-4+/t24-,25-,32?/m1/s1. The van der Waals surface area contributed by atoms with Gasteiger partial charge in [-0.25, -0.2) is 13.9 Å². The molecule has 1 aliphatic heterocycles.